The predicted octanol–water partition coefficient (Wildman–Crippen LogP) is 3.99. The maximum absolute atomic E-state index is 10.7. The molecule has 0 radical (unpaired) electrons. The van der Waals surface area contributed by atoms with E-state index in [9.17, 15) is 5.11 Å². The van der Waals surface area contributed by atoms with Crippen molar-refractivity contribution in [3.05, 3.63) is 89.7 Å². The van der Waals surface area contributed by atoms with Gasteiger partial charge < -0.3 is 19.1 Å². The highest BCUT2D eigenvalue weighted by Gasteiger charge is 2.15. The van der Waals surface area contributed by atoms with Crippen molar-refractivity contribution in [1.29, 1.82) is 0 Å². The van der Waals surface area contributed by atoms with Crippen molar-refractivity contribution in [1.82, 2.24) is 9.47 Å². The molecule has 3 aromatic rings. The van der Waals surface area contributed by atoms with Crippen molar-refractivity contribution in [2.45, 2.75) is 32.0 Å². The van der Waals surface area contributed by atoms with E-state index >= 15 is 0 Å². The molecule has 0 aliphatic heterocycles. The molecule has 5 heteroatoms. The number of hydrogen-bond acceptors (Lipinski definition) is 4. The van der Waals surface area contributed by atoms with E-state index in [2.05, 4.69) is 52.1 Å². The van der Waals surface area contributed by atoms with Gasteiger partial charge in [0.05, 0.1) is 13.2 Å². The summed E-state index contributed by atoms with van der Waals surface area (Å²) in [6, 6.07) is 22.6. The minimum Gasteiger partial charge on any atom is -0.497 e. The number of methoxy groups -OCH3 is 2. The molecule has 5 nitrogen and oxygen atoms in total. The topological polar surface area (TPSA) is 46.9 Å². The normalized spacial score (nSPS) is 12.3. The van der Waals surface area contributed by atoms with Crippen LogP contribution in [0.3, 0.4) is 0 Å². The monoisotopic (exact) mass is 422 g/mol. The van der Waals surface area contributed by atoms with Gasteiger partial charge in [0.25, 0.3) is 0 Å². The van der Waals surface area contributed by atoms with Gasteiger partial charge in [0, 0.05) is 51.8 Å². The Morgan fingerprint density at radius 1 is 0.968 bits per heavy atom. The molecule has 0 saturated heterocycles. The van der Waals surface area contributed by atoms with Crippen molar-refractivity contribution in [2.24, 2.45) is 0 Å². The summed E-state index contributed by atoms with van der Waals surface area (Å²) in [6.45, 7) is 3.80. The highest BCUT2D eigenvalue weighted by Crippen LogP contribution is 2.16. The van der Waals surface area contributed by atoms with E-state index < -0.39 is 6.10 Å². The fraction of sp³-hybridized carbons (Fsp3) is 0.385. The highest BCUT2D eigenvalue weighted by molar-refractivity contribution is 5.29. The lowest BCUT2D eigenvalue weighted by molar-refractivity contribution is 0.0982. The molecule has 31 heavy (non-hydrogen) atoms. The molecule has 1 atom stereocenters. The number of aromatic nitrogens is 1. The van der Waals surface area contributed by atoms with Gasteiger partial charge in [-0.2, -0.15) is 0 Å². The van der Waals surface area contributed by atoms with Crippen LogP contribution in [0.5, 0.6) is 5.75 Å². The fourth-order valence-corrected chi connectivity index (χ4v) is 3.86. The molecular formula is C26H34N2O3. The molecule has 0 aliphatic rings. The molecule has 0 aliphatic carbocycles. The van der Waals surface area contributed by atoms with Crippen LogP contribution >= 0.6 is 0 Å². The van der Waals surface area contributed by atoms with Gasteiger partial charge in [-0.1, -0.05) is 42.5 Å². The quantitative estimate of drug-likeness (QED) is 0.423. The maximum atomic E-state index is 10.7. The molecule has 166 valence electrons. The van der Waals surface area contributed by atoms with Gasteiger partial charge in [-0.3, -0.25) is 4.90 Å². The van der Waals surface area contributed by atoms with E-state index in [0.29, 0.717) is 13.0 Å². The minimum atomic E-state index is -0.410. The van der Waals surface area contributed by atoms with Gasteiger partial charge in [-0.05, 0) is 48.2 Å². The highest BCUT2D eigenvalue weighted by atomic mass is 16.5. The van der Waals surface area contributed by atoms with Crippen LogP contribution in [-0.4, -0.2) is 54.6 Å². The molecule has 0 unspecified atom stereocenters. The van der Waals surface area contributed by atoms with Crippen LogP contribution in [-0.2, 0) is 24.2 Å². The number of aliphatic hydroxyl groups is 1. The van der Waals surface area contributed by atoms with Crippen molar-refractivity contribution in [3.63, 3.8) is 0 Å². The van der Waals surface area contributed by atoms with Gasteiger partial charge in [-0.25, -0.2) is 0 Å². The standard InChI is InChI=1S/C26H34N2O3/c1-30-16-8-14-27(21-25(29)17-22-9-4-3-5-10-22)20-24-12-7-15-28(24)19-23-11-6-13-26(18-23)31-2/h3-7,9-13,15,18,25,29H,8,14,16-17,19-21H2,1-2H3/t25-/m0/s1. The molecule has 0 bridgehead atoms. The van der Waals surface area contributed by atoms with Gasteiger partial charge >= 0.3 is 0 Å². The number of aliphatic hydroxyl groups excluding tert-OH is 1. The third kappa shape index (κ3) is 7.55. The van der Waals surface area contributed by atoms with Gasteiger partial charge in [0.2, 0.25) is 0 Å². The Hall–Kier alpha value is -2.60. The fourth-order valence-electron chi connectivity index (χ4n) is 3.86. The number of benzene rings is 2. The molecule has 3 rings (SSSR count). The zero-order chi connectivity index (χ0) is 21.9. The number of rotatable bonds is 13. The summed E-state index contributed by atoms with van der Waals surface area (Å²) >= 11 is 0. The SMILES string of the molecule is COCCCN(Cc1cccn1Cc1cccc(OC)c1)C[C@@H](O)Cc1ccccc1. The Bertz CT molecular complexity index is 894. The Morgan fingerprint density at radius 3 is 2.55 bits per heavy atom. The van der Waals surface area contributed by atoms with E-state index in [1.807, 2.05) is 30.3 Å². The first-order chi connectivity index (χ1) is 15.2. The predicted molar refractivity (Wildman–Crippen MR) is 124 cm³/mol. The van der Waals surface area contributed by atoms with Crippen molar-refractivity contribution < 1.29 is 14.6 Å². The Kier molecular flexibility index (Phi) is 9.16. The van der Waals surface area contributed by atoms with Gasteiger partial charge in [-0.15, -0.1) is 0 Å². The van der Waals surface area contributed by atoms with E-state index in [1.54, 1.807) is 14.2 Å². The molecule has 0 spiro atoms. The van der Waals surface area contributed by atoms with Crippen molar-refractivity contribution in [3.8, 4) is 5.75 Å². The van der Waals surface area contributed by atoms with Crippen LogP contribution in [0, 0.1) is 0 Å². The third-order valence-corrected chi connectivity index (χ3v) is 5.40. The lowest BCUT2D eigenvalue weighted by Crippen LogP contribution is -2.35. The van der Waals surface area contributed by atoms with Crippen LogP contribution in [0.4, 0.5) is 0 Å². The van der Waals surface area contributed by atoms with E-state index in [4.69, 9.17) is 9.47 Å². The summed E-state index contributed by atoms with van der Waals surface area (Å²) in [5, 5.41) is 10.7. The second kappa shape index (κ2) is 12.3. The average molecular weight is 423 g/mol. The van der Waals surface area contributed by atoms with E-state index in [1.165, 1.54) is 11.3 Å². The van der Waals surface area contributed by atoms with Crippen LogP contribution < -0.4 is 4.74 Å². The summed E-state index contributed by atoms with van der Waals surface area (Å²) in [4.78, 5) is 2.32. The third-order valence-electron chi connectivity index (χ3n) is 5.40. The first kappa shape index (κ1) is 23.1. The summed E-state index contributed by atoms with van der Waals surface area (Å²) in [6.07, 6.45) is 3.30. The average Bonchev–Trinajstić information content (AvgIpc) is 3.21. The number of nitrogens with zero attached hydrogens (tertiary/aromatic N) is 2. The van der Waals surface area contributed by atoms with Crippen molar-refractivity contribution >= 4 is 0 Å². The molecule has 1 heterocycles. The second-order valence-electron chi connectivity index (χ2n) is 7.90. The molecule has 1 aromatic heterocycles. The molecule has 0 fully saturated rings. The minimum absolute atomic E-state index is 0.410. The Labute approximate surface area is 185 Å². The zero-order valence-corrected chi connectivity index (χ0v) is 18.6. The Morgan fingerprint density at radius 2 is 1.77 bits per heavy atom. The smallest absolute Gasteiger partial charge is 0.119 e. The molecule has 2 aromatic carbocycles. The summed E-state index contributed by atoms with van der Waals surface area (Å²) in [5.74, 6) is 0.872. The first-order valence-electron chi connectivity index (χ1n) is 10.9. The lowest BCUT2D eigenvalue weighted by Gasteiger charge is -2.26. The first-order valence-corrected chi connectivity index (χ1v) is 10.9. The van der Waals surface area contributed by atoms with Crippen LogP contribution in [0.2, 0.25) is 0 Å². The van der Waals surface area contributed by atoms with E-state index in [-0.39, 0.29) is 0 Å². The number of ether oxygens (including phenoxy) is 2. The maximum Gasteiger partial charge on any atom is 0.119 e. The molecule has 0 saturated carbocycles. The largest absolute Gasteiger partial charge is 0.497 e. The van der Waals surface area contributed by atoms with Crippen LogP contribution in [0.15, 0.2) is 72.9 Å². The molecule has 0 amide bonds. The summed E-state index contributed by atoms with van der Waals surface area (Å²) in [5.41, 5.74) is 3.59. The van der Waals surface area contributed by atoms with Crippen LogP contribution in [0.25, 0.3) is 0 Å². The molecular weight excluding hydrogens is 388 g/mol. The van der Waals surface area contributed by atoms with Crippen molar-refractivity contribution in [2.75, 3.05) is 33.9 Å². The number of hydrogen-bond donors (Lipinski definition) is 1. The second-order valence-corrected chi connectivity index (χ2v) is 7.90. The summed E-state index contributed by atoms with van der Waals surface area (Å²) in [7, 11) is 3.42. The Balaban J connectivity index is 1.65. The lowest BCUT2D eigenvalue weighted by atomic mass is 10.1. The molecule has 1 N–H and O–H groups in total. The van der Waals surface area contributed by atoms with Gasteiger partial charge in [0.1, 0.15) is 5.75 Å². The van der Waals surface area contributed by atoms with E-state index in [0.717, 1.165) is 44.0 Å². The van der Waals surface area contributed by atoms with Gasteiger partial charge in [0.15, 0.2) is 0 Å². The van der Waals surface area contributed by atoms with Crippen LogP contribution in [0.1, 0.15) is 23.2 Å². The zero-order valence-electron chi connectivity index (χ0n) is 18.6. The summed E-state index contributed by atoms with van der Waals surface area (Å²) < 4.78 is 12.9.